The molecule has 1 amide bonds. The van der Waals surface area contributed by atoms with Crippen molar-refractivity contribution in [3.8, 4) is 0 Å². The van der Waals surface area contributed by atoms with E-state index in [-0.39, 0.29) is 18.3 Å². The summed E-state index contributed by atoms with van der Waals surface area (Å²) in [4.78, 5) is 15.6. The van der Waals surface area contributed by atoms with Crippen molar-refractivity contribution in [1.82, 2.24) is 14.8 Å². The number of carbonyl (C=O) groups is 1. The molecule has 1 saturated heterocycles. The third kappa shape index (κ3) is 4.45. The Morgan fingerprint density at radius 2 is 1.81 bits per heavy atom. The Labute approximate surface area is 165 Å². The van der Waals surface area contributed by atoms with Gasteiger partial charge in [-0.15, -0.1) is 12.4 Å². The Balaban J connectivity index is 0.00000243. The lowest BCUT2D eigenvalue weighted by Gasteiger charge is -2.34. The summed E-state index contributed by atoms with van der Waals surface area (Å²) in [6.07, 6.45) is 9.71. The van der Waals surface area contributed by atoms with E-state index < -0.39 is 0 Å². The third-order valence-electron chi connectivity index (χ3n) is 6.13. The van der Waals surface area contributed by atoms with Gasteiger partial charge in [-0.1, -0.05) is 26.2 Å². The van der Waals surface area contributed by atoms with E-state index in [1.807, 2.05) is 0 Å². The predicted molar refractivity (Wildman–Crippen MR) is 110 cm³/mol. The number of halogens is 1. The van der Waals surface area contributed by atoms with Crippen molar-refractivity contribution in [2.75, 3.05) is 19.6 Å². The molecule has 2 aliphatic rings. The van der Waals surface area contributed by atoms with Crippen LogP contribution in [0.1, 0.15) is 86.1 Å². The number of hydrogen-bond acceptors (Lipinski definition) is 2. The monoisotopic (exact) mass is 381 g/mol. The number of rotatable bonds is 5. The van der Waals surface area contributed by atoms with Gasteiger partial charge in [-0.05, 0) is 65.1 Å². The molecule has 0 atom stereocenters. The van der Waals surface area contributed by atoms with E-state index in [0.29, 0.717) is 12.1 Å². The van der Waals surface area contributed by atoms with Gasteiger partial charge in [0.25, 0.3) is 5.91 Å². The summed E-state index contributed by atoms with van der Waals surface area (Å²) in [6.45, 7) is 9.43. The van der Waals surface area contributed by atoms with E-state index >= 15 is 0 Å². The molecular formula is C21H36ClN3O. The van der Waals surface area contributed by atoms with Gasteiger partial charge in [0.05, 0.1) is 5.56 Å². The fourth-order valence-electron chi connectivity index (χ4n) is 4.86. The quantitative estimate of drug-likeness (QED) is 0.806. The van der Waals surface area contributed by atoms with Gasteiger partial charge in [-0.2, -0.15) is 0 Å². The lowest BCUT2D eigenvalue weighted by atomic mass is 9.95. The third-order valence-corrected chi connectivity index (χ3v) is 6.13. The van der Waals surface area contributed by atoms with Crippen LogP contribution in [0.15, 0.2) is 6.07 Å². The van der Waals surface area contributed by atoms with Gasteiger partial charge in [-0.25, -0.2) is 0 Å². The molecule has 1 aliphatic heterocycles. The number of nitrogens with one attached hydrogen (secondary N) is 1. The van der Waals surface area contributed by atoms with Gasteiger partial charge in [0, 0.05) is 30.0 Å². The highest BCUT2D eigenvalue weighted by molar-refractivity contribution is 5.96. The average Bonchev–Trinajstić information content (AvgIpc) is 2.95. The standard InChI is InChI=1S/C21H35N3O.ClH/c1-4-14-23(18-10-12-22-13-11-18)21(25)20-15-16(2)24(17(20)3)19-8-6-5-7-9-19;/h15,18-19,22H,4-14H2,1-3H3;1H. The number of aromatic nitrogens is 1. The zero-order valence-corrected chi connectivity index (χ0v) is 17.5. The van der Waals surface area contributed by atoms with Crippen molar-refractivity contribution in [3.63, 3.8) is 0 Å². The number of aryl methyl sites for hydroxylation is 1. The molecule has 5 heteroatoms. The van der Waals surface area contributed by atoms with Crippen LogP contribution in [0.2, 0.25) is 0 Å². The van der Waals surface area contributed by atoms with Gasteiger partial charge in [-0.3, -0.25) is 4.79 Å². The molecule has 2 heterocycles. The first-order chi connectivity index (χ1) is 12.1. The lowest BCUT2D eigenvalue weighted by molar-refractivity contribution is 0.0641. The van der Waals surface area contributed by atoms with Crippen molar-refractivity contribution in [2.45, 2.75) is 84.2 Å². The van der Waals surface area contributed by atoms with Crippen LogP contribution in [0, 0.1) is 13.8 Å². The maximum Gasteiger partial charge on any atom is 0.255 e. The van der Waals surface area contributed by atoms with Gasteiger partial charge in [0.1, 0.15) is 0 Å². The van der Waals surface area contributed by atoms with Crippen LogP contribution >= 0.6 is 12.4 Å². The summed E-state index contributed by atoms with van der Waals surface area (Å²) in [5, 5.41) is 3.42. The van der Waals surface area contributed by atoms with Crippen molar-refractivity contribution < 1.29 is 4.79 Å². The SMILES string of the molecule is CCCN(C(=O)c1cc(C)n(C2CCCCC2)c1C)C1CCNCC1.Cl. The van der Waals surface area contributed by atoms with E-state index in [1.165, 1.54) is 43.5 Å². The van der Waals surface area contributed by atoms with Gasteiger partial charge >= 0.3 is 0 Å². The fraction of sp³-hybridized carbons (Fsp3) is 0.762. The van der Waals surface area contributed by atoms with Crippen LogP contribution in [-0.2, 0) is 0 Å². The van der Waals surface area contributed by atoms with Crippen molar-refractivity contribution in [2.24, 2.45) is 0 Å². The summed E-state index contributed by atoms with van der Waals surface area (Å²) in [5.74, 6) is 0.254. The van der Waals surface area contributed by atoms with Crippen LogP contribution in [-0.4, -0.2) is 41.1 Å². The normalized spacial score (nSPS) is 19.2. The molecule has 1 aromatic rings. The van der Waals surface area contributed by atoms with Gasteiger partial charge in [0.15, 0.2) is 0 Å². The maximum atomic E-state index is 13.4. The van der Waals surface area contributed by atoms with Gasteiger partial charge < -0.3 is 14.8 Å². The minimum atomic E-state index is 0. The molecule has 0 spiro atoms. The second-order valence-electron chi connectivity index (χ2n) is 7.93. The second-order valence-corrected chi connectivity index (χ2v) is 7.93. The Morgan fingerprint density at radius 3 is 2.42 bits per heavy atom. The van der Waals surface area contributed by atoms with Crippen LogP contribution in [0.5, 0.6) is 0 Å². The summed E-state index contributed by atoms with van der Waals surface area (Å²) < 4.78 is 2.46. The Kier molecular flexibility index (Phi) is 8.03. The smallest absolute Gasteiger partial charge is 0.255 e. The largest absolute Gasteiger partial charge is 0.345 e. The number of carbonyl (C=O) groups excluding carboxylic acids is 1. The number of amides is 1. The number of hydrogen-bond donors (Lipinski definition) is 1. The summed E-state index contributed by atoms with van der Waals surface area (Å²) in [5.41, 5.74) is 3.38. The van der Waals surface area contributed by atoms with Crippen LogP contribution < -0.4 is 5.32 Å². The zero-order chi connectivity index (χ0) is 17.8. The van der Waals surface area contributed by atoms with E-state index in [1.54, 1.807) is 0 Å². The predicted octanol–water partition coefficient (Wildman–Crippen LogP) is 4.64. The molecule has 1 saturated carbocycles. The van der Waals surface area contributed by atoms with Crippen molar-refractivity contribution in [1.29, 1.82) is 0 Å². The molecule has 1 N–H and O–H groups in total. The summed E-state index contributed by atoms with van der Waals surface area (Å²) in [7, 11) is 0. The molecule has 1 aliphatic carbocycles. The van der Waals surface area contributed by atoms with E-state index in [4.69, 9.17) is 0 Å². The first-order valence-electron chi connectivity index (χ1n) is 10.3. The summed E-state index contributed by atoms with van der Waals surface area (Å²) >= 11 is 0. The highest BCUT2D eigenvalue weighted by Gasteiger charge is 2.29. The van der Waals surface area contributed by atoms with Gasteiger partial charge in [0.2, 0.25) is 0 Å². The van der Waals surface area contributed by atoms with Crippen LogP contribution in [0.4, 0.5) is 0 Å². The second kappa shape index (κ2) is 9.80. The molecule has 2 fully saturated rings. The van der Waals surface area contributed by atoms with E-state index in [9.17, 15) is 4.79 Å². The van der Waals surface area contributed by atoms with Crippen LogP contribution in [0.25, 0.3) is 0 Å². The Hall–Kier alpha value is -1.00. The van der Waals surface area contributed by atoms with E-state index in [2.05, 4.69) is 41.6 Å². The Morgan fingerprint density at radius 1 is 1.15 bits per heavy atom. The number of piperidine rings is 1. The van der Waals surface area contributed by atoms with Crippen molar-refractivity contribution in [3.05, 3.63) is 23.0 Å². The zero-order valence-electron chi connectivity index (χ0n) is 16.7. The molecule has 26 heavy (non-hydrogen) atoms. The number of nitrogens with zero attached hydrogens (tertiary/aromatic N) is 2. The lowest BCUT2D eigenvalue weighted by Crippen LogP contribution is -2.46. The van der Waals surface area contributed by atoms with Crippen molar-refractivity contribution >= 4 is 18.3 Å². The molecule has 4 nitrogen and oxygen atoms in total. The molecule has 3 rings (SSSR count). The summed E-state index contributed by atoms with van der Waals surface area (Å²) in [6, 6.07) is 3.14. The minimum Gasteiger partial charge on any atom is -0.345 e. The topological polar surface area (TPSA) is 37.3 Å². The molecule has 1 aromatic heterocycles. The minimum absolute atomic E-state index is 0. The highest BCUT2D eigenvalue weighted by Crippen LogP contribution is 2.32. The highest BCUT2D eigenvalue weighted by atomic mass is 35.5. The molecular weight excluding hydrogens is 346 g/mol. The average molecular weight is 382 g/mol. The maximum absolute atomic E-state index is 13.4. The Bertz CT molecular complexity index is 586. The molecule has 0 unspecified atom stereocenters. The molecule has 0 radical (unpaired) electrons. The molecule has 148 valence electrons. The first-order valence-corrected chi connectivity index (χ1v) is 10.3. The first kappa shape index (κ1) is 21.3. The fourth-order valence-corrected chi connectivity index (χ4v) is 4.86. The van der Waals surface area contributed by atoms with Crippen LogP contribution in [0.3, 0.4) is 0 Å². The molecule has 0 bridgehead atoms. The molecule has 0 aromatic carbocycles. The van der Waals surface area contributed by atoms with E-state index in [0.717, 1.165) is 44.5 Å².